The molecular formula is C21H26N2O7. The predicted molar refractivity (Wildman–Crippen MR) is 107 cm³/mol. The number of carboxylic acids is 1. The fraction of sp³-hybridized carbons (Fsp3) is 0.333. The maximum Gasteiger partial charge on any atom is 0.330 e. The van der Waals surface area contributed by atoms with E-state index in [0.717, 1.165) is 0 Å². The van der Waals surface area contributed by atoms with Crippen molar-refractivity contribution in [3.8, 4) is 11.5 Å². The standard InChI is InChI=1S/C21H26N2O7/c1-21(2,3)30-20(29)23-16(12-4-8-14(24)9-5-12)18(26)22-17(19(27)28)13-6-10-15(25)11-7-13/h4-11,16-17,20,23-25,29H,1-3H3,(H,22,26)(H,27,28). The van der Waals surface area contributed by atoms with E-state index < -0.39 is 36.0 Å². The summed E-state index contributed by atoms with van der Waals surface area (Å²) in [6.07, 6.45) is -1.52. The van der Waals surface area contributed by atoms with Crippen LogP contribution in [0.1, 0.15) is 44.0 Å². The molecule has 0 aliphatic carbocycles. The molecule has 6 N–H and O–H groups in total. The largest absolute Gasteiger partial charge is 0.508 e. The van der Waals surface area contributed by atoms with E-state index in [9.17, 15) is 30.0 Å². The van der Waals surface area contributed by atoms with Gasteiger partial charge in [-0.1, -0.05) is 24.3 Å². The topological polar surface area (TPSA) is 148 Å². The summed E-state index contributed by atoms with van der Waals surface area (Å²) in [5, 5.41) is 43.7. The number of hydrogen-bond donors (Lipinski definition) is 6. The van der Waals surface area contributed by atoms with Crippen LogP contribution < -0.4 is 10.6 Å². The molecule has 0 aliphatic rings. The smallest absolute Gasteiger partial charge is 0.330 e. The molecule has 0 spiro atoms. The Labute approximate surface area is 173 Å². The zero-order valence-corrected chi connectivity index (χ0v) is 16.9. The van der Waals surface area contributed by atoms with Crippen LogP contribution >= 0.6 is 0 Å². The number of carbonyl (C=O) groups is 2. The van der Waals surface area contributed by atoms with Crippen LogP contribution in [0.4, 0.5) is 0 Å². The van der Waals surface area contributed by atoms with Crippen LogP contribution in [0.3, 0.4) is 0 Å². The van der Waals surface area contributed by atoms with Crippen LogP contribution in [0.5, 0.6) is 11.5 Å². The minimum absolute atomic E-state index is 0.0168. The number of aliphatic hydroxyl groups is 1. The molecule has 3 atom stereocenters. The Morgan fingerprint density at radius 1 is 0.867 bits per heavy atom. The summed E-state index contributed by atoms with van der Waals surface area (Å²) in [6.45, 7) is 5.16. The van der Waals surface area contributed by atoms with Crippen molar-refractivity contribution in [2.45, 2.75) is 44.9 Å². The molecule has 9 nitrogen and oxygen atoms in total. The number of phenols is 2. The second kappa shape index (κ2) is 9.57. The van der Waals surface area contributed by atoms with Crippen LogP contribution in [0.2, 0.25) is 0 Å². The summed E-state index contributed by atoms with van der Waals surface area (Å²) >= 11 is 0. The highest BCUT2D eigenvalue weighted by Gasteiger charge is 2.30. The first-order chi connectivity index (χ1) is 14.0. The predicted octanol–water partition coefficient (Wildman–Crippen LogP) is 1.76. The van der Waals surface area contributed by atoms with Crippen LogP contribution in [0.25, 0.3) is 0 Å². The molecule has 0 fully saturated rings. The SMILES string of the molecule is CC(C)(C)OC(O)NC(C(=O)NC(C(=O)O)c1ccc(O)cc1)c1ccc(O)cc1. The highest BCUT2D eigenvalue weighted by Crippen LogP contribution is 2.22. The molecule has 0 saturated carbocycles. The first kappa shape index (κ1) is 23.1. The lowest BCUT2D eigenvalue weighted by molar-refractivity contribution is -0.187. The molecule has 0 aromatic heterocycles. The Bertz CT molecular complexity index is 860. The molecule has 0 saturated heterocycles. The van der Waals surface area contributed by atoms with Gasteiger partial charge in [0.05, 0.1) is 5.60 Å². The lowest BCUT2D eigenvalue weighted by atomic mass is 10.0. The number of amides is 1. The van der Waals surface area contributed by atoms with Gasteiger partial charge in [0.15, 0.2) is 6.04 Å². The molecule has 1 amide bonds. The number of aliphatic hydroxyl groups excluding tert-OH is 1. The van der Waals surface area contributed by atoms with E-state index >= 15 is 0 Å². The van der Waals surface area contributed by atoms with Gasteiger partial charge in [-0.2, -0.15) is 0 Å². The quantitative estimate of drug-likeness (QED) is 0.355. The number of nitrogens with one attached hydrogen (secondary N) is 2. The second-order valence-corrected chi connectivity index (χ2v) is 7.65. The van der Waals surface area contributed by atoms with Gasteiger partial charge in [-0.3, -0.25) is 10.1 Å². The van der Waals surface area contributed by atoms with Crippen LogP contribution in [0.15, 0.2) is 48.5 Å². The van der Waals surface area contributed by atoms with E-state index in [1.807, 2.05) is 0 Å². The normalized spacial score (nSPS) is 14.5. The molecule has 0 heterocycles. The van der Waals surface area contributed by atoms with Crippen molar-refractivity contribution in [3.05, 3.63) is 59.7 Å². The van der Waals surface area contributed by atoms with Crippen molar-refractivity contribution in [2.24, 2.45) is 0 Å². The number of aromatic hydroxyl groups is 2. The molecule has 0 bridgehead atoms. The lowest BCUT2D eigenvalue weighted by Crippen LogP contribution is -2.47. The number of carboxylic acid groups (broad SMARTS) is 1. The lowest BCUT2D eigenvalue weighted by Gasteiger charge is -2.28. The first-order valence-corrected chi connectivity index (χ1v) is 9.19. The van der Waals surface area contributed by atoms with E-state index in [-0.39, 0.29) is 17.1 Å². The van der Waals surface area contributed by atoms with Crippen molar-refractivity contribution >= 4 is 11.9 Å². The van der Waals surface area contributed by atoms with Gasteiger partial charge in [0, 0.05) is 0 Å². The van der Waals surface area contributed by atoms with Gasteiger partial charge in [-0.15, -0.1) is 0 Å². The zero-order chi connectivity index (χ0) is 22.5. The van der Waals surface area contributed by atoms with E-state index in [1.165, 1.54) is 48.5 Å². The van der Waals surface area contributed by atoms with Crippen molar-refractivity contribution in [1.29, 1.82) is 0 Å². The molecule has 3 unspecified atom stereocenters. The molecule has 9 heteroatoms. The van der Waals surface area contributed by atoms with Crippen molar-refractivity contribution < 1.29 is 34.8 Å². The minimum atomic E-state index is -1.52. The summed E-state index contributed by atoms with van der Waals surface area (Å²) in [7, 11) is 0. The molecule has 2 aromatic rings. The third kappa shape index (κ3) is 6.73. The van der Waals surface area contributed by atoms with E-state index in [1.54, 1.807) is 20.8 Å². The zero-order valence-electron chi connectivity index (χ0n) is 16.9. The number of ether oxygens (including phenoxy) is 1. The highest BCUT2D eigenvalue weighted by molar-refractivity contribution is 5.88. The molecule has 162 valence electrons. The molecule has 30 heavy (non-hydrogen) atoms. The van der Waals surface area contributed by atoms with E-state index in [0.29, 0.717) is 5.56 Å². The Kier molecular flexibility index (Phi) is 7.38. The number of carbonyl (C=O) groups excluding carboxylic acids is 1. The van der Waals surface area contributed by atoms with E-state index in [2.05, 4.69) is 10.6 Å². The van der Waals surface area contributed by atoms with Crippen molar-refractivity contribution in [3.63, 3.8) is 0 Å². The van der Waals surface area contributed by atoms with Crippen LogP contribution in [0, 0.1) is 0 Å². The summed E-state index contributed by atoms with van der Waals surface area (Å²) in [5.41, 5.74) is -0.0841. The summed E-state index contributed by atoms with van der Waals surface area (Å²) < 4.78 is 5.38. The molecule has 0 radical (unpaired) electrons. The van der Waals surface area contributed by atoms with Gasteiger partial charge in [0.1, 0.15) is 17.5 Å². The number of aliphatic carboxylic acids is 1. The molecule has 2 rings (SSSR count). The highest BCUT2D eigenvalue weighted by atomic mass is 16.6. The summed E-state index contributed by atoms with van der Waals surface area (Å²) in [6, 6.07) is 8.49. The Morgan fingerprint density at radius 3 is 1.70 bits per heavy atom. The van der Waals surface area contributed by atoms with Gasteiger partial charge in [0.25, 0.3) is 0 Å². The summed E-state index contributed by atoms with van der Waals surface area (Å²) in [4.78, 5) is 24.7. The number of hydrogen-bond acceptors (Lipinski definition) is 7. The number of rotatable bonds is 8. The van der Waals surface area contributed by atoms with Gasteiger partial charge in [-0.25, -0.2) is 4.79 Å². The van der Waals surface area contributed by atoms with E-state index in [4.69, 9.17) is 4.74 Å². The van der Waals surface area contributed by atoms with Gasteiger partial charge < -0.3 is 30.5 Å². The third-order valence-corrected chi connectivity index (χ3v) is 4.02. The summed E-state index contributed by atoms with van der Waals surface area (Å²) in [5.74, 6) is -2.10. The van der Waals surface area contributed by atoms with Crippen molar-refractivity contribution in [1.82, 2.24) is 10.6 Å². The monoisotopic (exact) mass is 418 g/mol. The van der Waals surface area contributed by atoms with Gasteiger partial charge >= 0.3 is 5.97 Å². The minimum Gasteiger partial charge on any atom is -0.508 e. The number of benzene rings is 2. The Morgan fingerprint density at radius 2 is 1.30 bits per heavy atom. The molecule has 0 aliphatic heterocycles. The third-order valence-electron chi connectivity index (χ3n) is 4.02. The fourth-order valence-corrected chi connectivity index (χ4v) is 2.68. The van der Waals surface area contributed by atoms with Crippen LogP contribution in [-0.2, 0) is 14.3 Å². The van der Waals surface area contributed by atoms with Crippen molar-refractivity contribution in [2.75, 3.05) is 0 Å². The average molecular weight is 418 g/mol. The maximum atomic E-state index is 13.0. The second-order valence-electron chi connectivity index (χ2n) is 7.65. The van der Waals surface area contributed by atoms with Gasteiger partial charge in [0.2, 0.25) is 12.3 Å². The first-order valence-electron chi connectivity index (χ1n) is 9.19. The van der Waals surface area contributed by atoms with Crippen LogP contribution in [-0.4, -0.2) is 44.3 Å². The fourth-order valence-electron chi connectivity index (χ4n) is 2.68. The Balaban J connectivity index is 2.28. The molecular weight excluding hydrogens is 392 g/mol. The number of phenolic OH excluding ortho intramolecular Hbond substituents is 2. The van der Waals surface area contributed by atoms with Gasteiger partial charge in [-0.05, 0) is 56.2 Å². The molecule has 2 aromatic carbocycles. The maximum absolute atomic E-state index is 13.0. The average Bonchev–Trinajstić information content (AvgIpc) is 2.64. The Hall–Kier alpha value is -3.14.